The van der Waals surface area contributed by atoms with Gasteiger partial charge in [0.1, 0.15) is 6.10 Å². The molecule has 0 rings (SSSR count). The summed E-state index contributed by atoms with van der Waals surface area (Å²) in [4.78, 5) is 10.4. The molecule has 0 heterocycles. The molecule has 0 aliphatic heterocycles. The van der Waals surface area contributed by atoms with Gasteiger partial charge in [-0.3, -0.25) is 4.79 Å². The highest BCUT2D eigenvalue weighted by Crippen LogP contribution is 2.00. The number of hydrogen-bond acceptors (Lipinski definition) is 3. The quantitative estimate of drug-likeness (QED) is 0.637. The molecule has 0 saturated heterocycles. The van der Waals surface area contributed by atoms with Gasteiger partial charge in [-0.1, -0.05) is 0 Å². The topological polar surface area (TPSA) is 37.3 Å². The van der Waals surface area contributed by atoms with Crippen LogP contribution in [-0.2, 0) is 4.79 Å². The zero-order chi connectivity index (χ0) is 7.28. The van der Waals surface area contributed by atoms with Gasteiger partial charge in [0, 0.05) is 0 Å². The van der Waals surface area contributed by atoms with Gasteiger partial charge >= 0.3 is 0 Å². The Kier molecular flexibility index (Phi) is 4.81. The number of aliphatic hydroxyl groups excluding tert-OH is 1. The van der Waals surface area contributed by atoms with E-state index in [2.05, 4.69) is 0 Å². The molecular weight excluding hydrogens is 136 g/mol. The summed E-state index contributed by atoms with van der Waals surface area (Å²) in [7, 11) is 0. The standard InChI is InChI=1S/C6H12O2S/c1-5(7)6(8)3-4-9-2/h6,8H,3-4H2,1-2H3. The average Bonchev–Trinajstić information content (AvgIpc) is 1.82. The SMILES string of the molecule is CSCCC(O)C(C)=O. The lowest BCUT2D eigenvalue weighted by Crippen LogP contribution is -2.17. The maximum absolute atomic E-state index is 10.4. The molecule has 0 radical (unpaired) electrons. The Bertz CT molecular complexity index is 93.1. The third-order valence-corrected chi connectivity index (χ3v) is 1.71. The summed E-state index contributed by atoms with van der Waals surface area (Å²) < 4.78 is 0. The predicted molar refractivity (Wildman–Crippen MR) is 39.7 cm³/mol. The number of aliphatic hydroxyl groups is 1. The fraction of sp³-hybridized carbons (Fsp3) is 0.833. The van der Waals surface area contributed by atoms with Crippen LogP contribution in [0.3, 0.4) is 0 Å². The molecule has 1 atom stereocenters. The van der Waals surface area contributed by atoms with E-state index in [-0.39, 0.29) is 5.78 Å². The summed E-state index contributed by atoms with van der Waals surface area (Å²) in [5.74, 6) is 0.713. The summed E-state index contributed by atoms with van der Waals surface area (Å²) in [5, 5.41) is 8.89. The van der Waals surface area contributed by atoms with Crippen LogP contribution in [0, 0.1) is 0 Å². The number of rotatable bonds is 4. The van der Waals surface area contributed by atoms with Crippen LogP contribution in [0.25, 0.3) is 0 Å². The van der Waals surface area contributed by atoms with Crippen LogP contribution in [0.15, 0.2) is 0 Å². The first kappa shape index (κ1) is 8.98. The third-order valence-electron chi connectivity index (χ3n) is 1.06. The molecule has 0 fully saturated rings. The molecule has 0 aromatic heterocycles. The van der Waals surface area contributed by atoms with Crippen molar-refractivity contribution in [1.29, 1.82) is 0 Å². The zero-order valence-electron chi connectivity index (χ0n) is 5.76. The minimum absolute atomic E-state index is 0.135. The molecule has 3 heteroatoms. The van der Waals surface area contributed by atoms with Crippen LogP contribution in [-0.4, -0.2) is 29.0 Å². The molecule has 0 saturated carbocycles. The second-order valence-corrected chi connectivity index (χ2v) is 2.89. The van der Waals surface area contributed by atoms with Crippen LogP contribution in [0.2, 0.25) is 0 Å². The second kappa shape index (κ2) is 4.82. The lowest BCUT2D eigenvalue weighted by Gasteiger charge is -2.02. The van der Waals surface area contributed by atoms with E-state index in [0.717, 1.165) is 5.75 Å². The van der Waals surface area contributed by atoms with Crippen molar-refractivity contribution in [3.63, 3.8) is 0 Å². The summed E-state index contributed by atoms with van der Waals surface area (Å²) in [6, 6.07) is 0. The van der Waals surface area contributed by atoms with Gasteiger partial charge < -0.3 is 5.11 Å². The van der Waals surface area contributed by atoms with E-state index < -0.39 is 6.10 Å². The molecule has 0 amide bonds. The van der Waals surface area contributed by atoms with Crippen LogP contribution in [0.5, 0.6) is 0 Å². The number of ketones is 1. The first-order chi connectivity index (χ1) is 4.18. The van der Waals surface area contributed by atoms with E-state index in [1.54, 1.807) is 11.8 Å². The lowest BCUT2D eigenvalue weighted by molar-refractivity contribution is -0.124. The van der Waals surface area contributed by atoms with Crippen LogP contribution in [0.4, 0.5) is 0 Å². The van der Waals surface area contributed by atoms with Crippen molar-refractivity contribution in [1.82, 2.24) is 0 Å². The minimum atomic E-state index is -0.738. The predicted octanol–water partition coefficient (Wildman–Crippen LogP) is 0.689. The summed E-state index contributed by atoms with van der Waals surface area (Å²) in [6.45, 7) is 1.41. The second-order valence-electron chi connectivity index (χ2n) is 1.91. The Balaban J connectivity index is 3.27. The number of thioether (sulfide) groups is 1. The molecule has 0 aromatic rings. The van der Waals surface area contributed by atoms with E-state index in [1.165, 1.54) is 6.92 Å². The lowest BCUT2D eigenvalue weighted by atomic mass is 10.2. The Labute approximate surface area is 59.6 Å². The normalized spacial score (nSPS) is 13.2. The van der Waals surface area contributed by atoms with Crippen molar-refractivity contribution in [2.75, 3.05) is 12.0 Å². The van der Waals surface area contributed by atoms with E-state index >= 15 is 0 Å². The first-order valence-corrected chi connectivity index (χ1v) is 4.25. The average molecular weight is 148 g/mol. The fourth-order valence-electron chi connectivity index (χ4n) is 0.433. The highest BCUT2D eigenvalue weighted by molar-refractivity contribution is 7.98. The van der Waals surface area contributed by atoms with E-state index in [9.17, 15) is 4.79 Å². The van der Waals surface area contributed by atoms with Crippen molar-refractivity contribution >= 4 is 17.5 Å². The van der Waals surface area contributed by atoms with Gasteiger partial charge in [-0.15, -0.1) is 0 Å². The van der Waals surface area contributed by atoms with Crippen molar-refractivity contribution in [2.24, 2.45) is 0 Å². The van der Waals surface area contributed by atoms with Crippen LogP contribution >= 0.6 is 11.8 Å². The zero-order valence-corrected chi connectivity index (χ0v) is 6.57. The maximum atomic E-state index is 10.4. The summed E-state index contributed by atoms with van der Waals surface area (Å²) in [6.07, 6.45) is 1.79. The van der Waals surface area contributed by atoms with Crippen molar-refractivity contribution < 1.29 is 9.90 Å². The molecule has 0 spiro atoms. The maximum Gasteiger partial charge on any atom is 0.158 e. The van der Waals surface area contributed by atoms with Gasteiger partial charge in [0.25, 0.3) is 0 Å². The Morgan fingerprint density at radius 1 is 1.78 bits per heavy atom. The molecule has 9 heavy (non-hydrogen) atoms. The number of Topliss-reactive ketones (excluding diaryl/α,β-unsaturated/α-hetero) is 1. The van der Waals surface area contributed by atoms with Gasteiger partial charge in [-0.2, -0.15) is 11.8 Å². The molecule has 0 aliphatic rings. The highest BCUT2D eigenvalue weighted by Gasteiger charge is 2.07. The Hall–Kier alpha value is -0.0200. The van der Waals surface area contributed by atoms with Crippen LogP contribution in [0.1, 0.15) is 13.3 Å². The fourth-order valence-corrected chi connectivity index (χ4v) is 0.892. The van der Waals surface area contributed by atoms with Gasteiger partial charge in [-0.25, -0.2) is 0 Å². The molecule has 1 unspecified atom stereocenters. The largest absolute Gasteiger partial charge is 0.385 e. The molecule has 0 aliphatic carbocycles. The molecule has 0 aromatic carbocycles. The monoisotopic (exact) mass is 148 g/mol. The van der Waals surface area contributed by atoms with Gasteiger partial charge in [0.2, 0.25) is 0 Å². The molecule has 0 bridgehead atoms. The smallest absolute Gasteiger partial charge is 0.158 e. The Morgan fingerprint density at radius 2 is 2.33 bits per heavy atom. The highest BCUT2D eigenvalue weighted by atomic mass is 32.2. The number of carbonyl (C=O) groups excluding carboxylic acids is 1. The molecular formula is C6H12O2S. The van der Waals surface area contributed by atoms with Crippen LogP contribution < -0.4 is 0 Å². The third kappa shape index (κ3) is 4.48. The number of carbonyl (C=O) groups is 1. The minimum Gasteiger partial charge on any atom is -0.385 e. The van der Waals surface area contributed by atoms with Crippen molar-refractivity contribution in [3.05, 3.63) is 0 Å². The van der Waals surface area contributed by atoms with Gasteiger partial charge in [0.05, 0.1) is 0 Å². The first-order valence-electron chi connectivity index (χ1n) is 2.86. The molecule has 1 N–H and O–H groups in total. The molecule has 2 nitrogen and oxygen atoms in total. The Morgan fingerprint density at radius 3 is 2.67 bits per heavy atom. The van der Waals surface area contributed by atoms with Gasteiger partial charge in [-0.05, 0) is 25.4 Å². The molecule has 54 valence electrons. The van der Waals surface area contributed by atoms with E-state index in [4.69, 9.17) is 5.11 Å². The summed E-state index contributed by atoms with van der Waals surface area (Å²) >= 11 is 1.64. The van der Waals surface area contributed by atoms with E-state index in [0.29, 0.717) is 6.42 Å². The van der Waals surface area contributed by atoms with Gasteiger partial charge in [0.15, 0.2) is 5.78 Å². The number of hydrogen-bond donors (Lipinski definition) is 1. The van der Waals surface area contributed by atoms with Crippen molar-refractivity contribution in [2.45, 2.75) is 19.4 Å². The summed E-state index contributed by atoms with van der Waals surface area (Å²) in [5.41, 5.74) is 0. The van der Waals surface area contributed by atoms with E-state index in [1.807, 2.05) is 6.26 Å². The van der Waals surface area contributed by atoms with Crippen molar-refractivity contribution in [3.8, 4) is 0 Å².